The summed E-state index contributed by atoms with van der Waals surface area (Å²) >= 11 is 0. The third-order valence-electron chi connectivity index (χ3n) is 2.69. The summed E-state index contributed by atoms with van der Waals surface area (Å²) in [6.07, 6.45) is 1.44. The van der Waals surface area contributed by atoms with Gasteiger partial charge in [-0.25, -0.2) is 18.5 Å². The molecule has 0 fully saturated rings. The van der Waals surface area contributed by atoms with Crippen molar-refractivity contribution in [2.45, 2.75) is 11.4 Å². The van der Waals surface area contributed by atoms with Gasteiger partial charge in [0.15, 0.2) is 0 Å². The molecule has 0 radical (unpaired) electrons. The van der Waals surface area contributed by atoms with Gasteiger partial charge in [0, 0.05) is 18.3 Å². The Morgan fingerprint density at radius 1 is 1.21 bits per heavy atom. The number of sulfonamides is 1. The molecule has 0 aliphatic heterocycles. The Hall–Kier alpha value is -1.96. The molecular weight excluding hydrogens is 264 g/mol. The maximum absolute atomic E-state index is 11.6. The highest BCUT2D eigenvalue weighted by atomic mass is 32.2. The number of pyridine rings is 1. The van der Waals surface area contributed by atoms with Crippen LogP contribution in [0.3, 0.4) is 0 Å². The third kappa shape index (κ3) is 2.73. The lowest BCUT2D eigenvalue weighted by Gasteiger charge is -2.10. The topological polar surface area (TPSA) is 125 Å². The summed E-state index contributed by atoms with van der Waals surface area (Å²) in [6, 6.07) is 8.77. The molecule has 0 unspecified atom stereocenters. The van der Waals surface area contributed by atoms with E-state index >= 15 is 0 Å². The fourth-order valence-electron chi connectivity index (χ4n) is 1.86. The first kappa shape index (κ1) is 13.5. The molecule has 6 nitrogen and oxygen atoms in total. The Labute approximate surface area is 111 Å². The van der Waals surface area contributed by atoms with Gasteiger partial charge in [0.1, 0.15) is 10.7 Å². The molecule has 0 bridgehead atoms. The smallest absolute Gasteiger partial charge is 0.242 e. The average molecular weight is 278 g/mol. The van der Waals surface area contributed by atoms with Gasteiger partial charge in [0.2, 0.25) is 10.0 Å². The van der Waals surface area contributed by atoms with Crippen molar-refractivity contribution >= 4 is 15.8 Å². The lowest BCUT2D eigenvalue weighted by Crippen LogP contribution is -2.16. The largest absolute Gasteiger partial charge is 0.383 e. The molecule has 1 heterocycles. The van der Waals surface area contributed by atoms with Gasteiger partial charge in [0.05, 0.1) is 0 Å². The van der Waals surface area contributed by atoms with Gasteiger partial charge in [0.25, 0.3) is 0 Å². The number of aromatic nitrogens is 1. The van der Waals surface area contributed by atoms with Crippen LogP contribution in [0.4, 0.5) is 5.82 Å². The van der Waals surface area contributed by atoms with Gasteiger partial charge in [-0.2, -0.15) is 0 Å². The molecule has 0 saturated carbocycles. The Balaban J connectivity index is 2.72. The summed E-state index contributed by atoms with van der Waals surface area (Å²) in [4.78, 5) is 3.61. The molecule has 0 amide bonds. The van der Waals surface area contributed by atoms with Crippen molar-refractivity contribution in [3.05, 3.63) is 42.1 Å². The standard InChI is InChI=1S/C12H14N4O2S/c13-7-8-2-1-3-9(6-8)10-4-5-16-12(14)11(10)19(15,17)18/h1-6H,7,13H2,(H2,14,16)(H2,15,17,18). The second kappa shape index (κ2) is 4.96. The number of nitrogen functional groups attached to an aromatic ring is 1. The number of hydrogen-bond acceptors (Lipinski definition) is 5. The first-order chi connectivity index (χ1) is 8.93. The number of hydrogen-bond donors (Lipinski definition) is 3. The van der Waals surface area contributed by atoms with E-state index < -0.39 is 10.0 Å². The fourth-order valence-corrected chi connectivity index (χ4v) is 2.69. The van der Waals surface area contributed by atoms with Crippen LogP contribution in [-0.4, -0.2) is 13.4 Å². The maximum Gasteiger partial charge on any atom is 0.242 e. The first-order valence-electron chi connectivity index (χ1n) is 5.50. The van der Waals surface area contributed by atoms with Crippen LogP contribution in [0.2, 0.25) is 0 Å². The quantitative estimate of drug-likeness (QED) is 0.751. The highest BCUT2D eigenvalue weighted by molar-refractivity contribution is 7.89. The summed E-state index contributed by atoms with van der Waals surface area (Å²) in [5, 5.41) is 5.19. The summed E-state index contributed by atoms with van der Waals surface area (Å²) in [5.41, 5.74) is 13.2. The van der Waals surface area contributed by atoms with E-state index in [2.05, 4.69) is 4.98 Å². The minimum absolute atomic E-state index is 0.113. The molecule has 100 valence electrons. The van der Waals surface area contributed by atoms with E-state index in [1.165, 1.54) is 6.20 Å². The van der Waals surface area contributed by atoms with E-state index in [1.807, 2.05) is 6.07 Å². The van der Waals surface area contributed by atoms with Crippen LogP contribution < -0.4 is 16.6 Å². The Kier molecular flexibility index (Phi) is 3.52. The summed E-state index contributed by atoms with van der Waals surface area (Å²) < 4.78 is 23.3. The van der Waals surface area contributed by atoms with Crippen LogP contribution in [0.15, 0.2) is 41.4 Å². The van der Waals surface area contributed by atoms with Crippen molar-refractivity contribution in [1.29, 1.82) is 0 Å². The fraction of sp³-hybridized carbons (Fsp3) is 0.0833. The van der Waals surface area contributed by atoms with E-state index in [9.17, 15) is 8.42 Å². The van der Waals surface area contributed by atoms with E-state index in [4.69, 9.17) is 16.6 Å². The number of benzene rings is 1. The molecule has 0 atom stereocenters. The summed E-state index contributed by atoms with van der Waals surface area (Å²) in [5.74, 6) is -0.113. The van der Waals surface area contributed by atoms with E-state index in [0.29, 0.717) is 17.7 Å². The van der Waals surface area contributed by atoms with Crippen LogP contribution in [0.5, 0.6) is 0 Å². The Morgan fingerprint density at radius 3 is 2.58 bits per heavy atom. The molecule has 1 aromatic carbocycles. The minimum Gasteiger partial charge on any atom is -0.383 e. The van der Waals surface area contributed by atoms with Gasteiger partial charge >= 0.3 is 0 Å². The number of anilines is 1. The van der Waals surface area contributed by atoms with Gasteiger partial charge < -0.3 is 11.5 Å². The van der Waals surface area contributed by atoms with Crippen molar-refractivity contribution in [3.8, 4) is 11.1 Å². The summed E-state index contributed by atoms with van der Waals surface area (Å²) in [6.45, 7) is 0.360. The minimum atomic E-state index is -3.95. The van der Waals surface area contributed by atoms with Gasteiger partial charge in [-0.05, 0) is 23.3 Å². The molecule has 2 rings (SSSR count). The molecule has 1 aromatic heterocycles. The normalized spacial score (nSPS) is 11.5. The molecule has 2 aromatic rings. The predicted octanol–water partition coefficient (Wildman–Crippen LogP) is 0.437. The Morgan fingerprint density at radius 2 is 1.95 bits per heavy atom. The van der Waals surface area contributed by atoms with Crippen molar-refractivity contribution in [2.75, 3.05) is 5.73 Å². The monoisotopic (exact) mass is 278 g/mol. The molecule has 0 aliphatic carbocycles. The lowest BCUT2D eigenvalue weighted by atomic mass is 10.0. The first-order valence-corrected chi connectivity index (χ1v) is 7.05. The number of rotatable bonds is 3. The van der Waals surface area contributed by atoms with Crippen molar-refractivity contribution < 1.29 is 8.42 Å². The number of nitrogens with two attached hydrogens (primary N) is 3. The zero-order valence-corrected chi connectivity index (χ0v) is 10.9. The number of primary sulfonamides is 1. The number of nitrogens with zero attached hydrogens (tertiary/aromatic N) is 1. The Bertz CT molecular complexity index is 713. The zero-order valence-electron chi connectivity index (χ0n) is 10.1. The van der Waals surface area contributed by atoms with Gasteiger partial charge in [-0.1, -0.05) is 18.2 Å². The van der Waals surface area contributed by atoms with Crippen LogP contribution in [0, 0.1) is 0 Å². The van der Waals surface area contributed by atoms with Crippen molar-refractivity contribution in [2.24, 2.45) is 10.9 Å². The zero-order chi connectivity index (χ0) is 14.0. The van der Waals surface area contributed by atoms with E-state index in [0.717, 1.165) is 5.56 Å². The highest BCUT2D eigenvalue weighted by Crippen LogP contribution is 2.29. The lowest BCUT2D eigenvalue weighted by molar-refractivity contribution is 0.598. The second-order valence-electron chi connectivity index (χ2n) is 4.02. The van der Waals surface area contributed by atoms with E-state index in [-0.39, 0.29) is 10.7 Å². The summed E-state index contributed by atoms with van der Waals surface area (Å²) in [7, 11) is -3.95. The molecule has 7 heteroatoms. The molecule has 19 heavy (non-hydrogen) atoms. The van der Waals surface area contributed by atoms with Crippen LogP contribution in [0.1, 0.15) is 5.56 Å². The van der Waals surface area contributed by atoms with Crippen molar-refractivity contribution in [3.63, 3.8) is 0 Å². The van der Waals surface area contributed by atoms with Crippen LogP contribution in [-0.2, 0) is 16.6 Å². The molecular formula is C12H14N4O2S. The second-order valence-corrected chi connectivity index (χ2v) is 5.52. The molecule has 6 N–H and O–H groups in total. The van der Waals surface area contributed by atoms with Gasteiger partial charge in [-0.15, -0.1) is 0 Å². The average Bonchev–Trinajstić information content (AvgIpc) is 2.37. The maximum atomic E-state index is 11.6. The molecule has 0 saturated heterocycles. The van der Waals surface area contributed by atoms with E-state index in [1.54, 1.807) is 24.3 Å². The predicted molar refractivity (Wildman–Crippen MR) is 73.4 cm³/mol. The molecule has 0 aliphatic rings. The highest BCUT2D eigenvalue weighted by Gasteiger charge is 2.19. The third-order valence-corrected chi connectivity index (χ3v) is 3.69. The SMILES string of the molecule is NCc1cccc(-c2ccnc(N)c2S(N)(=O)=O)c1. The van der Waals surface area contributed by atoms with Crippen molar-refractivity contribution in [1.82, 2.24) is 4.98 Å². The molecule has 0 spiro atoms. The van der Waals surface area contributed by atoms with Crippen LogP contribution >= 0.6 is 0 Å². The van der Waals surface area contributed by atoms with Crippen LogP contribution in [0.25, 0.3) is 11.1 Å². The van der Waals surface area contributed by atoms with Gasteiger partial charge in [-0.3, -0.25) is 0 Å².